The van der Waals surface area contributed by atoms with E-state index in [0.717, 1.165) is 4.31 Å². The number of carbonyl (C=O) groups excluding carboxylic acids is 2. The van der Waals surface area contributed by atoms with Crippen LogP contribution in [0.15, 0.2) is 77.7 Å². The highest BCUT2D eigenvalue weighted by Gasteiger charge is 2.33. The molecule has 0 saturated carbocycles. The molecule has 0 aliphatic carbocycles. The second-order valence-corrected chi connectivity index (χ2v) is 11.5. The van der Waals surface area contributed by atoms with Gasteiger partial charge >= 0.3 is 0 Å². The van der Waals surface area contributed by atoms with Crippen LogP contribution in [0.1, 0.15) is 31.9 Å². The Kier molecular flexibility index (Phi) is 9.51. The van der Waals surface area contributed by atoms with Gasteiger partial charge in [-0.15, -0.1) is 0 Å². The molecule has 202 valence electrons. The number of nitrogens with zero attached hydrogens (tertiary/aromatic N) is 2. The number of nitrogens with one attached hydrogen (secondary N) is 1. The van der Waals surface area contributed by atoms with Crippen LogP contribution in [0.4, 0.5) is 10.1 Å². The van der Waals surface area contributed by atoms with Crippen molar-refractivity contribution in [1.29, 1.82) is 0 Å². The van der Waals surface area contributed by atoms with Gasteiger partial charge in [-0.3, -0.25) is 13.9 Å². The van der Waals surface area contributed by atoms with Crippen LogP contribution in [0.25, 0.3) is 0 Å². The highest BCUT2D eigenvalue weighted by atomic mass is 35.5. The van der Waals surface area contributed by atoms with E-state index in [-0.39, 0.29) is 17.5 Å². The van der Waals surface area contributed by atoms with E-state index in [2.05, 4.69) is 5.32 Å². The number of sulfonamides is 1. The highest BCUT2D eigenvalue weighted by Crippen LogP contribution is 2.28. The van der Waals surface area contributed by atoms with Crippen molar-refractivity contribution < 1.29 is 22.4 Å². The van der Waals surface area contributed by atoms with Crippen molar-refractivity contribution in [3.8, 4) is 0 Å². The Balaban J connectivity index is 2.04. The summed E-state index contributed by atoms with van der Waals surface area (Å²) in [5, 5.41) is 3.16. The van der Waals surface area contributed by atoms with Gasteiger partial charge < -0.3 is 10.2 Å². The van der Waals surface area contributed by atoms with E-state index >= 15 is 0 Å². The summed E-state index contributed by atoms with van der Waals surface area (Å²) >= 11 is 5.97. The van der Waals surface area contributed by atoms with Crippen LogP contribution in [-0.2, 0) is 26.2 Å². The second kappa shape index (κ2) is 12.4. The topological polar surface area (TPSA) is 86.8 Å². The third-order valence-corrected chi connectivity index (χ3v) is 7.95. The van der Waals surface area contributed by atoms with E-state index in [1.54, 1.807) is 52.0 Å². The van der Waals surface area contributed by atoms with Gasteiger partial charge in [-0.25, -0.2) is 12.8 Å². The van der Waals surface area contributed by atoms with E-state index in [4.69, 9.17) is 11.6 Å². The predicted octanol–water partition coefficient (Wildman–Crippen LogP) is 4.92. The number of amides is 2. The van der Waals surface area contributed by atoms with Crippen molar-refractivity contribution >= 4 is 39.1 Å². The Morgan fingerprint density at radius 2 is 1.55 bits per heavy atom. The van der Waals surface area contributed by atoms with Crippen molar-refractivity contribution in [2.45, 2.75) is 51.2 Å². The molecule has 7 nitrogen and oxygen atoms in total. The molecule has 0 aliphatic heterocycles. The zero-order chi connectivity index (χ0) is 28.0. The summed E-state index contributed by atoms with van der Waals surface area (Å²) in [5.74, 6) is -1.42. The molecule has 0 saturated heterocycles. The minimum absolute atomic E-state index is 0.0194. The average molecular weight is 560 g/mol. The smallest absolute Gasteiger partial charge is 0.264 e. The molecule has 3 aromatic carbocycles. The summed E-state index contributed by atoms with van der Waals surface area (Å²) in [6.07, 6.45) is 0. The lowest BCUT2D eigenvalue weighted by molar-refractivity contribution is -0.139. The van der Waals surface area contributed by atoms with Crippen molar-refractivity contribution in [3.05, 3.63) is 94.8 Å². The van der Waals surface area contributed by atoms with Crippen LogP contribution >= 0.6 is 11.6 Å². The molecule has 1 unspecified atom stereocenters. The number of halogens is 2. The largest absolute Gasteiger partial charge is 0.352 e. The van der Waals surface area contributed by atoms with Crippen molar-refractivity contribution in [2.75, 3.05) is 10.8 Å². The number of aryl methyl sites for hydroxylation is 1. The first-order valence-electron chi connectivity index (χ1n) is 12.1. The number of para-hydroxylation sites is 1. The number of hydrogen-bond acceptors (Lipinski definition) is 4. The number of rotatable bonds is 10. The van der Waals surface area contributed by atoms with Gasteiger partial charge in [0, 0.05) is 17.6 Å². The summed E-state index contributed by atoms with van der Waals surface area (Å²) in [5.41, 5.74) is 1.57. The van der Waals surface area contributed by atoms with Gasteiger partial charge in [-0.2, -0.15) is 0 Å². The minimum Gasteiger partial charge on any atom is -0.352 e. The van der Waals surface area contributed by atoms with E-state index in [9.17, 15) is 22.4 Å². The van der Waals surface area contributed by atoms with E-state index in [1.807, 2.05) is 0 Å². The third-order valence-electron chi connectivity index (χ3n) is 5.93. The van der Waals surface area contributed by atoms with Crippen molar-refractivity contribution in [1.82, 2.24) is 10.2 Å². The van der Waals surface area contributed by atoms with Crippen LogP contribution in [0.5, 0.6) is 0 Å². The van der Waals surface area contributed by atoms with Crippen LogP contribution in [0, 0.1) is 12.7 Å². The Hall–Kier alpha value is -3.43. The van der Waals surface area contributed by atoms with E-state index in [0.29, 0.717) is 21.8 Å². The molecule has 1 N–H and O–H groups in total. The van der Waals surface area contributed by atoms with E-state index in [1.165, 1.54) is 53.4 Å². The van der Waals surface area contributed by atoms with Gasteiger partial charge in [-0.05, 0) is 81.3 Å². The average Bonchev–Trinajstić information content (AvgIpc) is 2.86. The maximum atomic E-state index is 13.8. The summed E-state index contributed by atoms with van der Waals surface area (Å²) in [6.45, 7) is 6.35. The van der Waals surface area contributed by atoms with Crippen LogP contribution in [-0.4, -0.2) is 43.8 Å². The lowest BCUT2D eigenvalue weighted by atomic mass is 10.1. The van der Waals surface area contributed by atoms with Crippen LogP contribution in [0.2, 0.25) is 5.02 Å². The molecule has 3 rings (SSSR count). The molecule has 0 aromatic heterocycles. The molecule has 38 heavy (non-hydrogen) atoms. The second-order valence-electron chi connectivity index (χ2n) is 9.24. The molecule has 0 fully saturated rings. The first-order chi connectivity index (χ1) is 17.9. The molecule has 0 bridgehead atoms. The normalized spacial score (nSPS) is 12.2. The summed E-state index contributed by atoms with van der Waals surface area (Å²) in [6, 6.07) is 17.0. The maximum Gasteiger partial charge on any atom is 0.264 e. The lowest BCUT2D eigenvalue weighted by Gasteiger charge is -2.32. The van der Waals surface area contributed by atoms with Gasteiger partial charge in [0.1, 0.15) is 18.4 Å². The molecule has 0 aliphatic rings. The summed E-state index contributed by atoms with van der Waals surface area (Å²) in [4.78, 5) is 28.0. The SMILES string of the molecule is Cc1ccccc1N(CC(=O)N(Cc1ccc(F)cc1)C(C)C(=O)NC(C)C)S(=O)(=O)c1ccc(Cl)cc1. The highest BCUT2D eigenvalue weighted by molar-refractivity contribution is 7.92. The lowest BCUT2D eigenvalue weighted by Crippen LogP contribution is -2.52. The first kappa shape index (κ1) is 29.1. The monoisotopic (exact) mass is 559 g/mol. The van der Waals surface area contributed by atoms with Gasteiger partial charge in [0.25, 0.3) is 10.0 Å². The Labute approximate surface area is 228 Å². The Bertz CT molecular complexity index is 1380. The molecular formula is C28H31ClFN3O4S. The molecule has 10 heteroatoms. The minimum atomic E-state index is -4.19. The molecule has 0 spiro atoms. The van der Waals surface area contributed by atoms with Gasteiger partial charge in [-0.1, -0.05) is 41.9 Å². The fourth-order valence-electron chi connectivity index (χ4n) is 3.86. The standard InChI is InChI=1S/C28H31ClFN3O4S/c1-19(2)31-28(35)21(4)32(17-22-9-13-24(30)14-10-22)27(34)18-33(26-8-6-5-7-20(26)3)38(36,37)25-15-11-23(29)12-16-25/h5-16,19,21H,17-18H2,1-4H3,(H,31,35). The summed E-state index contributed by atoms with van der Waals surface area (Å²) < 4.78 is 42.1. The van der Waals surface area contributed by atoms with Crippen LogP contribution < -0.4 is 9.62 Å². The van der Waals surface area contributed by atoms with Gasteiger partial charge in [0.2, 0.25) is 11.8 Å². The zero-order valence-electron chi connectivity index (χ0n) is 21.7. The van der Waals surface area contributed by atoms with Crippen LogP contribution in [0.3, 0.4) is 0 Å². The quantitative estimate of drug-likeness (QED) is 0.382. The Morgan fingerprint density at radius 1 is 0.947 bits per heavy atom. The predicted molar refractivity (Wildman–Crippen MR) is 147 cm³/mol. The number of carbonyl (C=O) groups is 2. The van der Waals surface area contributed by atoms with Crippen molar-refractivity contribution in [2.24, 2.45) is 0 Å². The number of hydrogen-bond donors (Lipinski definition) is 1. The molecule has 0 heterocycles. The number of anilines is 1. The maximum absolute atomic E-state index is 13.8. The third kappa shape index (κ3) is 7.11. The first-order valence-corrected chi connectivity index (χ1v) is 13.9. The summed E-state index contributed by atoms with van der Waals surface area (Å²) in [7, 11) is -4.19. The zero-order valence-corrected chi connectivity index (χ0v) is 23.3. The number of benzene rings is 3. The molecule has 0 radical (unpaired) electrons. The Morgan fingerprint density at radius 3 is 2.13 bits per heavy atom. The van der Waals surface area contributed by atoms with Gasteiger partial charge in [0.15, 0.2) is 0 Å². The molecule has 2 amide bonds. The van der Waals surface area contributed by atoms with E-state index < -0.39 is 40.2 Å². The van der Waals surface area contributed by atoms with Gasteiger partial charge in [0.05, 0.1) is 10.6 Å². The van der Waals surface area contributed by atoms with Crippen molar-refractivity contribution in [3.63, 3.8) is 0 Å². The molecule has 1 atom stereocenters. The molecule has 3 aromatic rings. The fraction of sp³-hybridized carbons (Fsp3) is 0.286. The molecular weight excluding hydrogens is 529 g/mol. The fourth-order valence-corrected chi connectivity index (χ4v) is 5.47.